The summed E-state index contributed by atoms with van der Waals surface area (Å²) < 4.78 is 44.8. The summed E-state index contributed by atoms with van der Waals surface area (Å²) in [4.78, 5) is 24.1. The molecule has 0 spiro atoms. The Hall–Kier alpha value is -2.39. The number of halogens is 5. The molecule has 1 aromatic heterocycles. The van der Waals surface area contributed by atoms with Crippen molar-refractivity contribution in [2.45, 2.75) is 25.6 Å². The number of alkyl halides is 3. The second kappa shape index (κ2) is 8.96. The number of aromatic nitrogens is 1. The summed E-state index contributed by atoms with van der Waals surface area (Å²) in [5.41, 5.74) is -3.42. The SMILES string of the molecule is CC(CCOc1ccc(Cl)c(Cl)c1)NC(=O)c1cc(C(F)(F)F)n(C)c(=O)c1O. The van der Waals surface area contributed by atoms with Crippen LogP contribution >= 0.6 is 23.2 Å². The molecule has 0 bridgehead atoms. The Bertz CT molecular complexity index is 977. The average Bonchev–Trinajstić information content (AvgIpc) is 2.61. The molecule has 0 aliphatic rings. The van der Waals surface area contributed by atoms with E-state index in [0.717, 1.165) is 7.05 Å². The molecule has 6 nitrogen and oxygen atoms in total. The Morgan fingerprint density at radius 3 is 2.52 bits per heavy atom. The Kier molecular flexibility index (Phi) is 7.07. The molecule has 0 fully saturated rings. The zero-order chi connectivity index (χ0) is 21.9. The Morgan fingerprint density at radius 1 is 1.28 bits per heavy atom. The van der Waals surface area contributed by atoms with Gasteiger partial charge in [0.25, 0.3) is 11.5 Å². The van der Waals surface area contributed by atoms with Crippen LogP contribution in [0.4, 0.5) is 13.2 Å². The third-order valence-electron chi connectivity index (χ3n) is 4.03. The molecule has 1 amide bonds. The van der Waals surface area contributed by atoms with Gasteiger partial charge in [0, 0.05) is 25.6 Å². The summed E-state index contributed by atoms with van der Waals surface area (Å²) in [6.07, 6.45) is -4.57. The molecule has 29 heavy (non-hydrogen) atoms. The van der Waals surface area contributed by atoms with E-state index in [0.29, 0.717) is 28.3 Å². The number of nitrogens with one attached hydrogen (secondary N) is 1. The lowest BCUT2D eigenvalue weighted by atomic mass is 10.1. The molecule has 1 atom stereocenters. The van der Waals surface area contributed by atoms with E-state index < -0.39 is 40.7 Å². The molecule has 2 aromatic rings. The van der Waals surface area contributed by atoms with Crippen LogP contribution in [-0.2, 0) is 13.2 Å². The maximum Gasteiger partial charge on any atom is 0.431 e. The number of hydrogen-bond acceptors (Lipinski definition) is 4. The van der Waals surface area contributed by atoms with E-state index in [1.165, 1.54) is 6.07 Å². The molecule has 0 aliphatic heterocycles. The molecule has 1 heterocycles. The third-order valence-corrected chi connectivity index (χ3v) is 4.77. The van der Waals surface area contributed by atoms with E-state index in [2.05, 4.69) is 5.32 Å². The van der Waals surface area contributed by atoms with E-state index in [-0.39, 0.29) is 11.2 Å². The number of pyridine rings is 1. The van der Waals surface area contributed by atoms with Crippen LogP contribution in [0.25, 0.3) is 0 Å². The smallest absolute Gasteiger partial charge is 0.431 e. The Morgan fingerprint density at radius 2 is 1.93 bits per heavy atom. The molecule has 2 N–H and O–H groups in total. The number of carbonyl (C=O) groups is 1. The van der Waals surface area contributed by atoms with Crippen molar-refractivity contribution in [3.63, 3.8) is 0 Å². The molecule has 0 saturated carbocycles. The van der Waals surface area contributed by atoms with Gasteiger partial charge in [-0.3, -0.25) is 9.59 Å². The highest BCUT2D eigenvalue weighted by Gasteiger charge is 2.36. The van der Waals surface area contributed by atoms with Gasteiger partial charge in [-0.05, 0) is 25.1 Å². The van der Waals surface area contributed by atoms with Gasteiger partial charge in [0.2, 0.25) is 0 Å². The quantitative estimate of drug-likeness (QED) is 0.693. The number of benzene rings is 1. The minimum atomic E-state index is -4.87. The van der Waals surface area contributed by atoms with E-state index in [1.54, 1.807) is 19.1 Å². The largest absolute Gasteiger partial charge is 0.502 e. The number of rotatable bonds is 6. The van der Waals surface area contributed by atoms with Gasteiger partial charge in [-0.25, -0.2) is 0 Å². The monoisotopic (exact) mass is 452 g/mol. The van der Waals surface area contributed by atoms with Crippen molar-refractivity contribution in [3.05, 3.63) is 55.9 Å². The highest BCUT2D eigenvalue weighted by Crippen LogP contribution is 2.30. The lowest BCUT2D eigenvalue weighted by Crippen LogP contribution is -2.35. The van der Waals surface area contributed by atoms with E-state index in [9.17, 15) is 27.9 Å². The van der Waals surface area contributed by atoms with Crippen LogP contribution in [0.15, 0.2) is 29.1 Å². The molecule has 1 unspecified atom stereocenters. The summed E-state index contributed by atoms with van der Waals surface area (Å²) in [7, 11) is 0.857. The van der Waals surface area contributed by atoms with Gasteiger partial charge in [0.15, 0.2) is 5.75 Å². The van der Waals surface area contributed by atoms with Gasteiger partial charge >= 0.3 is 6.18 Å². The van der Waals surface area contributed by atoms with Crippen LogP contribution in [0.3, 0.4) is 0 Å². The van der Waals surface area contributed by atoms with Crippen molar-refractivity contribution in [2.75, 3.05) is 6.61 Å². The van der Waals surface area contributed by atoms with Crippen molar-refractivity contribution in [1.29, 1.82) is 0 Å². The van der Waals surface area contributed by atoms with Crippen LogP contribution < -0.4 is 15.6 Å². The summed E-state index contributed by atoms with van der Waals surface area (Å²) in [6, 6.07) is 4.59. The third kappa shape index (κ3) is 5.57. The van der Waals surface area contributed by atoms with Gasteiger partial charge in [0.05, 0.1) is 22.2 Å². The second-order valence-electron chi connectivity index (χ2n) is 6.24. The van der Waals surface area contributed by atoms with Crippen LogP contribution in [0.2, 0.25) is 10.0 Å². The minimum absolute atomic E-state index is 0.162. The number of hydrogen-bond donors (Lipinski definition) is 2. The zero-order valence-electron chi connectivity index (χ0n) is 15.3. The highest BCUT2D eigenvalue weighted by atomic mass is 35.5. The van der Waals surface area contributed by atoms with Gasteiger partial charge < -0.3 is 19.7 Å². The number of carbonyl (C=O) groups excluding carboxylic acids is 1. The molecular weight excluding hydrogens is 436 g/mol. The van der Waals surface area contributed by atoms with E-state index in [1.807, 2.05) is 0 Å². The van der Waals surface area contributed by atoms with Crippen LogP contribution in [0, 0.1) is 0 Å². The van der Waals surface area contributed by atoms with Crippen molar-refractivity contribution < 1.29 is 27.8 Å². The first kappa shape index (κ1) is 22.9. The van der Waals surface area contributed by atoms with E-state index >= 15 is 0 Å². The Labute approximate surface area is 173 Å². The fourth-order valence-corrected chi connectivity index (χ4v) is 2.71. The van der Waals surface area contributed by atoms with Crippen molar-refractivity contribution in [1.82, 2.24) is 9.88 Å². The number of amides is 1. The topological polar surface area (TPSA) is 80.6 Å². The standard InChI is InChI=1S/C18H17Cl2F3N2O4/c1-9(5-6-29-10-3-4-12(19)13(20)7-10)24-16(27)11-8-14(18(21,22)23)25(2)17(28)15(11)26/h3-4,7-9,26H,5-6H2,1-2H3,(H,24,27). The zero-order valence-corrected chi connectivity index (χ0v) is 16.8. The molecule has 0 aliphatic carbocycles. The summed E-state index contributed by atoms with van der Waals surface area (Å²) in [6.45, 7) is 1.76. The van der Waals surface area contributed by atoms with Crippen molar-refractivity contribution in [2.24, 2.45) is 7.05 Å². The van der Waals surface area contributed by atoms with Crippen LogP contribution in [0.5, 0.6) is 11.5 Å². The summed E-state index contributed by atoms with van der Waals surface area (Å²) in [5.74, 6) is -1.61. The molecule has 0 radical (unpaired) electrons. The number of nitrogens with zero attached hydrogens (tertiary/aromatic N) is 1. The van der Waals surface area contributed by atoms with E-state index in [4.69, 9.17) is 27.9 Å². The Balaban J connectivity index is 2.05. The number of aromatic hydroxyl groups is 1. The molecule has 11 heteroatoms. The van der Waals surface area contributed by atoms with Crippen LogP contribution in [-0.4, -0.2) is 28.2 Å². The fourth-order valence-electron chi connectivity index (χ4n) is 2.42. The van der Waals surface area contributed by atoms with Crippen molar-refractivity contribution >= 4 is 29.1 Å². The minimum Gasteiger partial charge on any atom is -0.502 e. The summed E-state index contributed by atoms with van der Waals surface area (Å²) in [5, 5.41) is 12.9. The molecule has 2 rings (SSSR count). The van der Waals surface area contributed by atoms with Gasteiger partial charge in [-0.2, -0.15) is 13.2 Å². The van der Waals surface area contributed by atoms with Crippen LogP contribution in [0.1, 0.15) is 29.4 Å². The lowest BCUT2D eigenvalue weighted by molar-refractivity contribution is -0.143. The van der Waals surface area contributed by atoms with Gasteiger partial charge in [0.1, 0.15) is 11.4 Å². The molecular formula is C18H17Cl2F3N2O4. The highest BCUT2D eigenvalue weighted by molar-refractivity contribution is 6.42. The second-order valence-corrected chi connectivity index (χ2v) is 7.06. The van der Waals surface area contributed by atoms with Gasteiger partial charge in [-0.15, -0.1) is 0 Å². The summed E-state index contributed by atoms with van der Waals surface area (Å²) >= 11 is 11.7. The first-order valence-corrected chi connectivity index (χ1v) is 9.06. The molecule has 0 saturated heterocycles. The average molecular weight is 453 g/mol. The predicted octanol–water partition coefficient (Wildman–Crippen LogP) is 4.00. The molecule has 1 aromatic carbocycles. The van der Waals surface area contributed by atoms with Crippen molar-refractivity contribution in [3.8, 4) is 11.5 Å². The maximum absolute atomic E-state index is 13.0. The fraction of sp³-hybridized carbons (Fsp3) is 0.333. The first-order valence-electron chi connectivity index (χ1n) is 8.30. The normalized spacial score (nSPS) is 12.5. The number of ether oxygens (including phenoxy) is 1. The van der Waals surface area contributed by atoms with Gasteiger partial charge in [-0.1, -0.05) is 23.2 Å². The first-order chi connectivity index (χ1) is 13.4. The predicted molar refractivity (Wildman–Crippen MR) is 102 cm³/mol. The molecule has 158 valence electrons. The maximum atomic E-state index is 13.0. The lowest BCUT2D eigenvalue weighted by Gasteiger charge is -2.17.